The molecule has 0 radical (unpaired) electrons. The molecule has 3 aromatic carbocycles. The van der Waals surface area contributed by atoms with E-state index in [1.807, 2.05) is 68.4 Å². The van der Waals surface area contributed by atoms with Gasteiger partial charge in [-0.3, -0.25) is 4.79 Å². The zero-order valence-corrected chi connectivity index (χ0v) is 18.2. The van der Waals surface area contributed by atoms with Gasteiger partial charge in [0.2, 0.25) is 0 Å². The van der Waals surface area contributed by atoms with Crippen molar-refractivity contribution in [1.82, 2.24) is 0 Å². The van der Waals surface area contributed by atoms with Crippen molar-refractivity contribution in [3.63, 3.8) is 0 Å². The SMILES string of the molecule is COc1cc(C(=O)Nc2c(C)cccc2C)cc(I)c1OCc1ccccc1. The van der Waals surface area contributed by atoms with Crippen LogP contribution in [0.4, 0.5) is 5.69 Å². The molecule has 0 fully saturated rings. The standard InChI is InChI=1S/C23H22INO3/c1-15-8-7-9-16(2)21(15)25-23(26)18-12-19(24)22(20(13-18)27-3)28-14-17-10-5-4-6-11-17/h4-13H,14H2,1-3H3,(H,25,26). The maximum atomic E-state index is 12.8. The van der Waals surface area contributed by atoms with E-state index in [0.717, 1.165) is 25.9 Å². The summed E-state index contributed by atoms with van der Waals surface area (Å²) in [4.78, 5) is 12.8. The van der Waals surface area contributed by atoms with Crippen molar-refractivity contribution < 1.29 is 14.3 Å². The van der Waals surface area contributed by atoms with Crippen molar-refractivity contribution in [2.75, 3.05) is 12.4 Å². The van der Waals surface area contributed by atoms with E-state index >= 15 is 0 Å². The number of aryl methyl sites for hydroxylation is 2. The number of benzene rings is 3. The number of amides is 1. The maximum absolute atomic E-state index is 12.8. The predicted octanol–water partition coefficient (Wildman–Crippen LogP) is 5.75. The lowest BCUT2D eigenvalue weighted by atomic mass is 10.1. The van der Waals surface area contributed by atoms with E-state index in [-0.39, 0.29) is 5.91 Å². The molecule has 0 spiro atoms. The number of carbonyl (C=O) groups excluding carboxylic acids is 1. The number of methoxy groups -OCH3 is 1. The highest BCUT2D eigenvalue weighted by Gasteiger charge is 2.17. The van der Waals surface area contributed by atoms with Gasteiger partial charge in [-0.2, -0.15) is 0 Å². The van der Waals surface area contributed by atoms with Gasteiger partial charge < -0.3 is 14.8 Å². The predicted molar refractivity (Wildman–Crippen MR) is 120 cm³/mol. The lowest BCUT2D eigenvalue weighted by Gasteiger charge is -2.16. The van der Waals surface area contributed by atoms with E-state index in [0.29, 0.717) is 23.7 Å². The largest absolute Gasteiger partial charge is 0.493 e. The van der Waals surface area contributed by atoms with Crippen molar-refractivity contribution in [2.45, 2.75) is 20.5 Å². The first kappa shape index (κ1) is 20.2. The van der Waals surface area contributed by atoms with Crippen LogP contribution in [0.1, 0.15) is 27.0 Å². The van der Waals surface area contributed by atoms with Crippen molar-refractivity contribution >= 4 is 34.2 Å². The van der Waals surface area contributed by atoms with Gasteiger partial charge in [0.05, 0.1) is 10.7 Å². The van der Waals surface area contributed by atoms with E-state index < -0.39 is 0 Å². The van der Waals surface area contributed by atoms with Crippen LogP contribution < -0.4 is 14.8 Å². The average molecular weight is 487 g/mol. The van der Waals surface area contributed by atoms with Crippen molar-refractivity contribution in [3.05, 3.63) is 86.5 Å². The van der Waals surface area contributed by atoms with E-state index in [2.05, 4.69) is 27.9 Å². The average Bonchev–Trinajstić information content (AvgIpc) is 2.70. The normalized spacial score (nSPS) is 10.4. The van der Waals surface area contributed by atoms with Crippen molar-refractivity contribution in [3.8, 4) is 11.5 Å². The quantitative estimate of drug-likeness (QED) is 0.451. The van der Waals surface area contributed by atoms with Gasteiger partial charge in [0.15, 0.2) is 11.5 Å². The summed E-state index contributed by atoms with van der Waals surface area (Å²) >= 11 is 2.17. The molecule has 4 nitrogen and oxygen atoms in total. The summed E-state index contributed by atoms with van der Waals surface area (Å²) in [5, 5.41) is 3.01. The second-order valence-corrected chi connectivity index (χ2v) is 7.65. The molecule has 0 aliphatic carbocycles. The third-order valence-electron chi connectivity index (χ3n) is 4.44. The van der Waals surface area contributed by atoms with E-state index in [1.165, 1.54) is 0 Å². The Bertz CT molecular complexity index is 966. The number of hydrogen-bond donors (Lipinski definition) is 1. The highest BCUT2D eigenvalue weighted by Crippen LogP contribution is 2.35. The minimum atomic E-state index is -0.178. The molecular weight excluding hydrogens is 465 g/mol. The Morgan fingerprint density at radius 3 is 2.32 bits per heavy atom. The number of anilines is 1. The fraction of sp³-hybridized carbons (Fsp3) is 0.174. The first-order valence-electron chi connectivity index (χ1n) is 8.91. The van der Waals surface area contributed by atoms with Crippen LogP contribution in [-0.4, -0.2) is 13.0 Å². The van der Waals surface area contributed by atoms with Gasteiger partial charge >= 0.3 is 0 Å². The molecule has 28 heavy (non-hydrogen) atoms. The smallest absolute Gasteiger partial charge is 0.255 e. The molecule has 5 heteroatoms. The highest BCUT2D eigenvalue weighted by molar-refractivity contribution is 14.1. The number of rotatable bonds is 6. The molecular formula is C23H22INO3. The van der Waals surface area contributed by atoms with Gasteiger partial charge in [0.25, 0.3) is 5.91 Å². The van der Waals surface area contributed by atoms with Crippen LogP contribution in [0.2, 0.25) is 0 Å². The minimum absolute atomic E-state index is 0.178. The molecule has 0 saturated heterocycles. The number of halogens is 1. The zero-order chi connectivity index (χ0) is 20.1. The van der Waals surface area contributed by atoms with Crippen LogP contribution >= 0.6 is 22.6 Å². The number of ether oxygens (including phenoxy) is 2. The Balaban J connectivity index is 1.83. The van der Waals surface area contributed by atoms with Crippen LogP contribution in [0.5, 0.6) is 11.5 Å². The lowest BCUT2D eigenvalue weighted by molar-refractivity contribution is 0.102. The Morgan fingerprint density at radius 2 is 1.68 bits per heavy atom. The number of para-hydroxylation sites is 1. The van der Waals surface area contributed by atoms with E-state index in [4.69, 9.17) is 9.47 Å². The maximum Gasteiger partial charge on any atom is 0.255 e. The van der Waals surface area contributed by atoms with Gasteiger partial charge in [-0.1, -0.05) is 48.5 Å². The zero-order valence-electron chi connectivity index (χ0n) is 16.1. The van der Waals surface area contributed by atoms with Gasteiger partial charge in [0.1, 0.15) is 6.61 Å². The van der Waals surface area contributed by atoms with Gasteiger partial charge in [-0.15, -0.1) is 0 Å². The third-order valence-corrected chi connectivity index (χ3v) is 5.24. The Kier molecular flexibility index (Phi) is 6.57. The number of hydrogen-bond acceptors (Lipinski definition) is 3. The summed E-state index contributed by atoms with van der Waals surface area (Å²) in [6.45, 7) is 4.39. The summed E-state index contributed by atoms with van der Waals surface area (Å²) in [7, 11) is 1.58. The second-order valence-electron chi connectivity index (χ2n) is 6.48. The molecule has 3 aromatic rings. The van der Waals surface area contributed by atoms with Gasteiger partial charge in [0, 0.05) is 11.3 Å². The van der Waals surface area contributed by atoms with E-state index in [1.54, 1.807) is 13.2 Å². The lowest BCUT2D eigenvalue weighted by Crippen LogP contribution is -2.14. The third kappa shape index (κ3) is 4.65. The van der Waals surface area contributed by atoms with Crippen LogP contribution in [0, 0.1) is 17.4 Å². The first-order valence-corrected chi connectivity index (χ1v) is 9.99. The monoisotopic (exact) mass is 487 g/mol. The van der Waals surface area contributed by atoms with Crippen LogP contribution in [0.15, 0.2) is 60.7 Å². The summed E-state index contributed by atoms with van der Waals surface area (Å²) in [6, 6.07) is 19.4. The van der Waals surface area contributed by atoms with Crippen molar-refractivity contribution in [1.29, 1.82) is 0 Å². The molecule has 0 aliphatic rings. The topological polar surface area (TPSA) is 47.6 Å². The van der Waals surface area contributed by atoms with Crippen LogP contribution in [-0.2, 0) is 6.61 Å². The Morgan fingerprint density at radius 1 is 1.00 bits per heavy atom. The van der Waals surface area contributed by atoms with Gasteiger partial charge in [-0.25, -0.2) is 0 Å². The number of carbonyl (C=O) groups is 1. The summed E-state index contributed by atoms with van der Waals surface area (Å²) in [6.07, 6.45) is 0. The molecule has 0 unspecified atom stereocenters. The van der Waals surface area contributed by atoms with Crippen molar-refractivity contribution in [2.24, 2.45) is 0 Å². The molecule has 0 atom stereocenters. The Labute approximate surface area is 179 Å². The minimum Gasteiger partial charge on any atom is -0.493 e. The van der Waals surface area contributed by atoms with E-state index in [9.17, 15) is 4.79 Å². The molecule has 0 heterocycles. The summed E-state index contributed by atoms with van der Waals surface area (Å²) in [5.74, 6) is 0.994. The molecule has 0 aromatic heterocycles. The van der Waals surface area contributed by atoms with Crippen LogP contribution in [0.3, 0.4) is 0 Å². The molecule has 0 bridgehead atoms. The van der Waals surface area contributed by atoms with Crippen LogP contribution in [0.25, 0.3) is 0 Å². The van der Waals surface area contributed by atoms with Gasteiger partial charge in [-0.05, 0) is 65.3 Å². The first-order chi connectivity index (χ1) is 13.5. The molecule has 3 rings (SSSR count). The Hall–Kier alpha value is -2.54. The molecule has 0 saturated carbocycles. The molecule has 1 N–H and O–H groups in total. The fourth-order valence-electron chi connectivity index (χ4n) is 2.92. The molecule has 144 valence electrons. The number of nitrogens with one attached hydrogen (secondary N) is 1. The summed E-state index contributed by atoms with van der Waals surface area (Å²) in [5.41, 5.74) is 4.48. The highest BCUT2D eigenvalue weighted by atomic mass is 127. The summed E-state index contributed by atoms with van der Waals surface area (Å²) < 4.78 is 12.3. The second kappa shape index (κ2) is 9.10. The molecule has 0 aliphatic heterocycles. The fourth-order valence-corrected chi connectivity index (χ4v) is 3.68. The molecule has 1 amide bonds.